The molecule has 3 rings (SSSR count). The Labute approximate surface area is 152 Å². The van der Waals surface area contributed by atoms with Crippen molar-refractivity contribution in [1.29, 1.82) is 0 Å². The van der Waals surface area contributed by atoms with Gasteiger partial charge in [-0.1, -0.05) is 45.4 Å². The van der Waals surface area contributed by atoms with Gasteiger partial charge in [0.15, 0.2) is 0 Å². The van der Waals surface area contributed by atoms with Crippen LogP contribution < -0.4 is 0 Å². The summed E-state index contributed by atoms with van der Waals surface area (Å²) in [7, 11) is 0. The molecule has 0 aliphatic heterocycles. The number of carbonyl (C=O) groups is 1. The molecule has 0 unspecified atom stereocenters. The lowest BCUT2D eigenvalue weighted by Crippen LogP contribution is -2.66. The fourth-order valence-electron chi connectivity index (χ4n) is 6.65. The number of hydrogen-bond donors (Lipinski definition) is 1. The van der Waals surface area contributed by atoms with Crippen LogP contribution in [0.4, 0.5) is 0 Å². The second-order valence-electron chi connectivity index (χ2n) is 9.32. The molecule has 0 aromatic rings. The average Bonchev–Trinajstić information content (AvgIpc) is 2.57. The van der Waals surface area contributed by atoms with Crippen LogP contribution in [0.15, 0.2) is 24.8 Å². The lowest BCUT2D eigenvalue weighted by molar-refractivity contribution is -0.202. The second kappa shape index (κ2) is 5.70. The minimum absolute atomic E-state index is 0.0729. The molecule has 0 amide bonds. The van der Waals surface area contributed by atoms with E-state index in [1.807, 2.05) is 13.0 Å². The molecule has 0 heterocycles. The highest BCUT2D eigenvalue weighted by atomic mass is 16.5. The van der Waals surface area contributed by atoms with Crippen molar-refractivity contribution in [1.82, 2.24) is 0 Å². The molecule has 0 saturated heterocycles. The van der Waals surface area contributed by atoms with Crippen LogP contribution in [-0.2, 0) is 9.53 Å². The SMILES string of the molecule is C=C[C@]1(C)[C@@H](O)CC[C@@]2(C)[C@H]1C[C@@]1(C)CCC[C@]2(C(=O)OCC)C1=C. The van der Waals surface area contributed by atoms with Gasteiger partial charge < -0.3 is 9.84 Å². The lowest BCUT2D eigenvalue weighted by Gasteiger charge is -2.68. The van der Waals surface area contributed by atoms with Gasteiger partial charge in [-0.2, -0.15) is 0 Å². The summed E-state index contributed by atoms with van der Waals surface area (Å²) < 4.78 is 5.63. The third kappa shape index (κ3) is 2.11. The van der Waals surface area contributed by atoms with Gasteiger partial charge in [-0.05, 0) is 55.8 Å². The van der Waals surface area contributed by atoms with Crippen molar-refractivity contribution in [2.75, 3.05) is 6.61 Å². The fourth-order valence-corrected chi connectivity index (χ4v) is 6.65. The van der Waals surface area contributed by atoms with Gasteiger partial charge in [0.25, 0.3) is 0 Å². The topological polar surface area (TPSA) is 46.5 Å². The molecule has 2 bridgehead atoms. The normalized spacial score (nSPS) is 49.2. The largest absolute Gasteiger partial charge is 0.465 e. The Hall–Kier alpha value is -1.09. The Kier molecular flexibility index (Phi) is 4.27. The number of carbonyl (C=O) groups excluding carboxylic acids is 1. The van der Waals surface area contributed by atoms with Crippen LogP contribution in [0, 0.1) is 27.6 Å². The molecule has 3 saturated carbocycles. The van der Waals surface area contributed by atoms with Gasteiger partial charge in [0, 0.05) is 5.41 Å². The maximum Gasteiger partial charge on any atom is 0.316 e. The summed E-state index contributed by atoms with van der Waals surface area (Å²) in [6.45, 7) is 17.5. The number of ether oxygens (including phenoxy) is 1. The highest BCUT2D eigenvalue weighted by Crippen LogP contribution is 2.74. The maximum atomic E-state index is 13.4. The Bertz CT molecular complexity index is 610. The van der Waals surface area contributed by atoms with Crippen LogP contribution >= 0.6 is 0 Å². The van der Waals surface area contributed by atoms with Gasteiger partial charge in [0.1, 0.15) is 0 Å². The summed E-state index contributed by atoms with van der Waals surface area (Å²) in [4.78, 5) is 13.4. The van der Waals surface area contributed by atoms with Crippen LogP contribution in [0.5, 0.6) is 0 Å². The van der Waals surface area contributed by atoms with Gasteiger partial charge in [0.05, 0.1) is 18.1 Å². The number of aliphatic hydroxyl groups is 1. The predicted octanol–water partition coefficient (Wildman–Crippen LogP) is 4.66. The van der Waals surface area contributed by atoms with Gasteiger partial charge in [0.2, 0.25) is 0 Å². The third-order valence-corrected chi connectivity index (χ3v) is 8.39. The van der Waals surface area contributed by atoms with E-state index < -0.39 is 11.5 Å². The first-order valence-corrected chi connectivity index (χ1v) is 9.81. The lowest BCUT2D eigenvalue weighted by atomic mass is 9.34. The molecular formula is C22H34O3. The number of fused-ring (bicyclic) bond motifs is 4. The van der Waals surface area contributed by atoms with Gasteiger partial charge in [-0.25, -0.2) is 0 Å². The number of esters is 1. The van der Waals surface area contributed by atoms with E-state index >= 15 is 0 Å². The van der Waals surface area contributed by atoms with Crippen LogP contribution in [0.3, 0.4) is 0 Å². The molecule has 3 nitrogen and oxygen atoms in total. The van der Waals surface area contributed by atoms with Gasteiger partial charge in [-0.15, -0.1) is 6.58 Å². The van der Waals surface area contributed by atoms with Crippen molar-refractivity contribution in [2.45, 2.75) is 72.3 Å². The second-order valence-corrected chi connectivity index (χ2v) is 9.32. The van der Waals surface area contributed by atoms with Crippen LogP contribution in [0.1, 0.15) is 66.2 Å². The minimum Gasteiger partial charge on any atom is -0.465 e. The van der Waals surface area contributed by atoms with E-state index in [9.17, 15) is 9.90 Å². The van der Waals surface area contributed by atoms with Gasteiger partial charge in [-0.3, -0.25) is 4.79 Å². The summed E-state index contributed by atoms with van der Waals surface area (Å²) in [5, 5.41) is 10.8. The molecule has 3 fully saturated rings. The average molecular weight is 347 g/mol. The zero-order valence-corrected chi connectivity index (χ0v) is 16.4. The van der Waals surface area contributed by atoms with E-state index in [0.29, 0.717) is 13.0 Å². The van der Waals surface area contributed by atoms with E-state index in [1.165, 1.54) is 0 Å². The zero-order valence-electron chi connectivity index (χ0n) is 16.4. The first kappa shape index (κ1) is 18.7. The first-order chi connectivity index (χ1) is 11.6. The summed E-state index contributed by atoms with van der Waals surface area (Å²) in [6, 6.07) is 0. The molecule has 0 radical (unpaired) electrons. The Morgan fingerprint density at radius 3 is 2.60 bits per heavy atom. The molecule has 0 aromatic heterocycles. The number of aliphatic hydroxyl groups excluding tert-OH is 1. The smallest absolute Gasteiger partial charge is 0.316 e. The van der Waals surface area contributed by atoms with Gasteiger partial charge >= 0.3 is 5.97 Å². The fraction of sp³-hybridized carbons (Fsp3) is 0.773. The van der Waals surface area contributed by atoms with E-state index in [1.54, 1.807) is 0 Å². The maximum absolute atomic E-state index is 13.4. The molecule has 6 atom stereocenters. The molecule has 25 heavy (non-hydrogen) atoms. The Morgan fingerprint density at radius 2 is 2.00 bits per heavy atom. The molecule has 3 aliphatic carbocycles. The molecule has 140 valence electrons. The van der Waals surface area contributed by atoms with E-state index in [2.05, 4.69) is 33.9 Å². The van der Waals surface area contributed by atoms with E-state index in [0.717, 1.165) is 37.7 Å². The summed E-state index contributed by atoms with van der Waals surface area (Å²) in [5.74, 6) is 0.0994. The molecule has 3 aliphatic rings. The van der Waals surface area contributed by atoms with Crippen molar-refractivity contribution in [2.24, 2.45) is 27.6 Å². The monoisotopic (exact) mass is 346 g/mol. The predicted molar refractivity (Wildman–Crippen MR) is 99.9 cm³/mol. The van der Waals surface area contributed by atoms with Crippen LogP contribution in [-0.4, -0.2) is 23.8 Å². The quantitative estimate of drug-likeness (QED) is 0.597. The standard InChI is InChI=1S/C22H34O3/c1-7-20(5)16-14-19(4)11-9-12-22(15(19)3,18(24)25-8-2)21(16,6)13-10-17(20)23/h7,16-17,23H,1,3,8-14H2,2,4-6H3/t16-,17-,19+,20-,21-,22+/m0/s1. The molecule has 0 aromatic carbocycles. The highest BCUT2D eigenvalue weighted by Gasteiger charge is 2.71. The van der Waals surface area contributed by atoms with Crippen molar-refractivity contribution in [3.8, 4) is 0 Å². The third-order valence-electron chi connectivity index (χ3n) is 8.39. The van der Waals surface area contributed by atoms with Crippen LogP contribution in [0.2, 0.25) is 0 Å². The molecule has 0 spiro atoms. The number of hydrogen-bond acceptors (Lipinski definition) is 3. The van der Waals surface area contributed by atoms with Crippen molar-refractivity contribution in [3.05, 3.63) is 24.8 Å². The van der Waals surface area contributed by atoms with E-state index in [-0.39, 0.29) is 28.1 Å². The summed E-state index contributed by atoms with van der Waals surface area (Å²) in [5.41, 5.74) is -0.270. The van der Waals surface area contributed by atoms with Crippen molar-refractivity contribution >= 4 is 5.97 Å². The molecular weight excluding hydrogens is 312 g/mol. The zero-order chi connectivity index (χ0) is 18.7. The van der Waals surface area contributed by atoms with E-state index in [4.69, 9.17) is 4.74 Å². The first-order valence-electron chi connectivity index (χ1n) is 9.81. The molecule has 3 heteroatoms. The minimum atomic E-state index is -0.636. The van der Waals surface area contributed by atoms with Crippen molar-refractivity contribution in [3.63, 3.8) is 0 Å². The van der Waals surface area contributed by atoms with Crippen molar-refractivity contribution < 1.29 is 14.6 Å². The Morgan fingerprint density at radius 1 is 1.32 bits per heavy atom. The Balaban J connectivity index is 2.22. The summed E-state index contributed by atoms with van der Waals surface area (Å²) in [6.07, 6.45) is 6.92. The molecule has 1 N–H and O–H groups in total. The summed E-state index contributed by atoms with van der Waals surface area (Å²) >= 11 is 0. The number of rotatable bonds is 3. The highest BCUT2D eigenvalue weighted by molar-refractivity contribution is 5.83. The van der Waals surface area contributed by atoms with Crippen LogP contribution in [0.25, 0.3) is 0 Å².